The number of anilines is 2. The zero-order chi connectivity index (χ0) is 26.4. The third kappa shape index (κ3) is 6.60. The third-order valence-electron chi connectivity index (χ3n) is 5.22. The molecule has 37 heavy (non-hydrogen) atoms. The first-order chi connectivity index (χ1) is 17.7. The number of hydrogen-bond acceptors (Lipinski definition) is 5. The number of nitro benzene ring substituents is 1. The number of carbonyl (C=O) groups excluding carboxylic acids is 1. The molecule has 2 N–H and O–H groups in total. The summed E-state index contributed by atoms with van der Waals surface area (Å²) in [5.41, 5.74) is 1.97. The van der Waals surface area contributed by atoms with Gasteiger partial charge in [-0.3, -0.25) is 19.6 Å². The van der Waals surface area contributed by atoms with Gasteiger partial charge in [-0.05, 0) is 59.7 Å². The van der Waals surface area contributed by atoms with Crippen molar-refractivity contribution in [2.24, 2.45) is 0 Å². The van der Waals surface area contributed by atoms with Crippen LogP contribution < -0.4 is 10.0 Å². The zero-order valence-electron chi connectivity index (χ0n) is 19.2. The van der Waals surface area contributed by atoms with Crippen LogP contribution >= 0.6 is 11.6 Å². The smallest absolute Gasteiger partial charge is 0.270 e. The molecule has 0 aromatic heterocycles. The van der Waals surface area contributed by atoms with Crippen LogP contribution in [-0.2, 0) is 14.8 Å². The van der Waals surface area contributed by atoms with E-state index in [0.29, 0.717) is 27.5 Å². The normalized spacial score (nSPS) is 11.5. The molecule has 4 aromatic rings. The number of rotatable bonds is 8. The van der Waals surface area contributed by atoms with Crippen LogP contribution in [-0.4, -0.2) is 19.2 Å². The first-order valence-electron chi connectivity index (χ1n) is 10.9. The number of benzene rings is 4. The molecule has 4 aromatic carbocycles. The number of sulfonamides is 1. The van der Waals surface area contributed by atoms with Gasteiger partial charge in [-0.2, -0.15) is 0 Å². The van der Waals surface area contributed by atoms with Crippen LogP contribution in [0.15, 0.2) is 108 Å². The van der Waals surface area contributed by atoms with E-state index < -0.39 is 20.9 Å². The molecule has 0 aliphatic heterocycles. The van der Waals surface area contributed by atoms with Crippen molar-refractivity contribution in [2.45, 2.75) is 4.90 Å². The number of nitro groups is 1. The molecule has 10 heteroatoms. The van der Waals surface area contributed by atoms with E-state index in [1.165, 1.54) is 42.5 Å². The van der Waals surface area contributed by atoms with Gasteiger partial charge in [-0.1, -0.05) is 60.1 Å². The van der Waals surface area contributed by atoms with Crippen LogP contribution in [0.2, 0.25) is 5.02 Å². The van der Waals surface area contributed by atoms with Crippen molar-refractivity contribution in [2.75, 3.05) is 10.0 Å². The van der Waals surface area contributed by atoms with Crippen LogP contribution in [0.3, 0.4) is 0 Å². The molecule has 0 fully saturated rings. The van der Waals surface area contributed by atoms with Gasteiger partial charge in [-0.15, -0.1) is 0 Å². The summed E-state index contributed by atoms with van der Waals surface area (Å²) < 4.78 is 27.9. The number of nitrogens with one attached hydrogen (secondary N) is 2. The van der Waals surface area contributed by atoms with E-state index in [0.717, 1.165) is 0 Å². The predicted molar refractivity (Wildman–Crippen MR) is 145 cm³/mol. The highest BCUT2D eigenvalue weighted by molar-refractivity contribution is 7.92. The highest BCUT2D eigenvalue weighted by atomic mass is 35.5. The Hall–Kier alpha value is -4.47. The fourth-order valence-electron chi connectivity index (χ4n) is 3.47. The van der Waals surface area contributed by atoms with E-state index in [9.17, 15) is 23.3 Å². The topological polar surface area (TPSA) is 118 Å². The maximum atomic E-state index is 13.2. The molecule has 0 radical (unpaired) electrons. The molecule has 4 rings (SSSR count). The van der Waals surface area contributed by atoms with Crippen molar-refractivity contribution in [3.8, 4) is 0 Å². The molecule has 1 amide bonds. The second-order valence-electron chi connectivity index (χ2n) is 7.87. The highest BCUT2D eigenvalue weighted by Gasteiger charge is 2.17. The summed E-state index contributed by atoms with van der Waals surface area (Å²) in [5.74, 6) is -0.467. The van der Waals surface area contributed by atoms with Crippen LogP contribution in [0.25, 0.3) is 11.6 Å². The lowest BCUT2D eigenvalue weighted by Crippen LogP contribution is -2.15. The molecule has 0 unspecified atom stereocenters. The standard InChI is InChI=1S/C27H20ClN3O5S/c28-21-9-5-10-23(18-21)30-37(35,36)25-14-12-22(13-15-25)29-27(32)26(20-7-2-1-3-8-20)17-19-6-4-11-24(16-19)31(33)34/h1-18,30H,(H,29,32)/b26-17+. The average Bonchev–Trinajstić information content (AvgIpc) is 2.88. The Morgan fingerprint density at radius 2 is 1.54 bits per heavy atom. The Kier molecular flexibility index (Phi) is 7.66. The molecule has 0 saturated carbocycles. The molecular formula is C27H20ClN3O5S. The summed E-state index contributed by atoms with van der Waals surface area (Å²) in [7, 11) is -3.87. The quantitative estimate of drug-likeness (QED) is 0.120. The molecule has 0 aliphatic rings. The number of amides is 1. The Labute approximate surface area is 218 Å². The van der Waals surface area contributed by atoms with Gasteiger partial charge in [0.2, 0.25) is 0 Å². The number of carbonyl (C=O) groups is 1. The van der Waals surface area contributed by atoms with E-state index in [-0.39, 0.29) is 16.2 Å². The summed E-state index contributed by atoms with van der Waals surface area (Å²) in [5, 5.41) is 14.3. The fraction of sp³-hybridized carbons (Fsp3) is 0. The van der Waals surface area contributed by atoms with Crippen molar-refractivity contribution in [3.63, 3.8) is 0 Å². The van der Waals surface area contributed by atoms with E-state index in [4.69, 9.17) is 11.6 Å². The zero-order valence-corrected chi connectivity index (χ0v) is 20.7. The maximum absolute atomic E-state index is 13.2. The molecule has 0 aliphatic carbocycles. The molecule has 0 heterocycles. The van der Waals surface area contributed by atoms with Crippen LogP contribution in [0.5, 0.6) is 0 Å². The average molecular weight is 534 g/mol. The molecule has 0 saturated heterocycles. The third-order valence-corrected chi connectivity index (χ3v) is 6.85. The van der Waals surface area contributed by atoms with Crippen molar-refractivity contribution in [3.05, 3.63) is 129 Å². The summed E-state index contributed by atoms with van der Waals surface area (Å²) in [6, 6.07) is 26.8. The van der Waals surface area contributed by atoms with Gasteiger partial charge in [-0.25, -0.2) is 8.42 Å². The van der Waals surface area contributed by atoms with Crippen molar-refractivity contribution in [1.82, 2.24) is 0 Å². The molecule has 0 spiro atoms. The lowest BCUT2D eigenvalue weighted by atomic mass is 10.0. The number of non-ortho nitro benzene ring substituents is 1. The van der Waals surface area contributed by atoms with Crippen LogP contribution in [0.1, 0.15) is 11.1 Å². The molecule has 8 nitrogen and oxygen atoms in total. The van der Waals surface area contributed by atoms with Crippen LogP contribution in [0.4, 0.5) is 17.1 Å². The number of halogens is 1. The van der Waals surface area contributed by atoms with Gasteiger partial charge in [0.1, 0.15) is 0 Å². The molecule has 0 atom stereocenters. The summed E-state index contributed by atoms with van der Waals surface area (Å²) in [6.45, 7) is 0. The molecular weight excluding hydrogens is 514 g/mol. The first-order valence-corrected chi connectivity index (χ1v) is 12.8. The first kappa shape index (κ1) is 25.6. The van der Waals surface area contributed by atoms with Crippen molar-refractivity contribution in [1.29, 1.82) is 0 Å². The maximum Gasteiger partial charge on any atom is 0.270 e. The minimum absolute atomic E-state index is 0.000828. The fourth-order valence-corrected chi connectivity index (χ4v) is 4.71. The van der Waals surface area contributed by atoms with Gasteiger partial charge in [0, 0.05) is 28.4 Å². The Balaban J connectivity index is 1.58. The summed E-state index contributed by atoms with van der Waals surface area (Å²) in [4.78, 5) is 23.9. The molecule has 0 bridgehead atoms. The Bertz CT molecular complexity index is 1590. The number of nitrogens with zero attached hydrogens (tertiary/aromatic N) is 1. The molecule has 186 valence electrons. The van der Waals surface area contributed by atoms with Gasteiger partial charge in [0.25, 0.3) is 21.6 Å². The van der Waals surface area contributed by atoms with Gasteiger partial charge in [0.05, 0.1) is 15.5 Å². The van der Waals surface area contributed by atoms with E-state index in [1.807, 2.05) is 6.07 Å². The number of hydrogen-bond donors (Lipinski definition) is 2. The highest BCUT2D eigenvalue weighted by Crippen LogP contribution is 2.24. The Morgan fingerprint density at radius 1 is 0.838 bits per heavy atom. The summed E-state index contributed by atoms with van der Waals surface area (Å²) in [6.07, 6.45) is 1.56. The summed E-state index contributed by atoms with van der Waals surface area (Å²) >= 11 is 5.92. The monoisotopic (exact) mass is 533 g/mol. The van der Waals surface area contributed by atoms with Crippen LogP contribution in [0, 0.1) is 10.1 Å². The van der Waals surface area contributed by atoms with Crippen molar-refractivity contribution < 1.29 is 18.1 Å². The van der Waals surface area contributed by atoms with Gasteiger partial charge in [0.15, 0.2) is 0 Å². The Morgan fingerprint density at radius 3 is 2.22 bits per heavy atom. The SMILES string of the molecule is O=C(Nc1ccc(S(=O)(=O)Nc2cccc(Cl)c2)cc1)/C(=C/c1cccc([N+](=O)[O-])c1)c1ccccc1. The van der Waals surface area contributed by atoms with Crippen molar-refractivity contribution >= 4 is 56.2 Å². The van der Waals surface area contributed by atoms with Gasteiger partial charge >= 0.3 is 0 Å². The predicted octanol–water partition coefficient (Wildman–Crippen LogP) is 6.23. The second-order valence-corrected chi connectivity index (χ2v) is 9.99. The lowest BCUT2D eigenvalue weighted by Gasteiger charge is -2.12. The van der Waals surface area contributed by atoms with E-state index >= 15 is 0 Å². The van der Waals surface area contributed by atoms with Gasteiger partial charge < -0.3 is 5.32 Å². The lowest BCUT2D eigenvalue weighted by molar-refractivity contribution is -0.384. The van der Waals surface area contributed by atoms with E-state index in [1.54, 1.807) is 60.7 Å². The van der Waals surface area contributed by atoms with E-state index in [2.05, 4.69) is 10.0 Å². The minimum atomic E-state index is -3.87. The largest absolute Gasteiger partial charge is 0.322 e. The second kappa shape index (κ2) is 11.1. The minimum Gasteiger partial charge on any atom is -0.322 e.